The number of allylic oxidation sites excluding steroid dienone is 3. The van der Waals surface area contributed by atoms with Crippen molar-refractivity contribution in [1.82, 2.24) is 5.32 Å². The number of nitrogens with one attached hydrogen (secondary N) is 1. The number of benzene rings is 1. The Hall–Kier alpha value is -2.89. The minimum absolute atomic E-state index is 0.117. The van der Waals surface area contributed by atoms with E-state index < -0.39 is 0 Å². The van der Waals surface area contributed by atoms with Crippen LogP contribution in [-0.4, -0.2) is 37.3 Å². The number of hydrogen-bond acceptors (Lipinski definition) is 5. The van der Waals surface area contributed by atoms with E-state index in [1.54, 1.807) is 0 Å². The second kappa shape index (κ2) is 13.7. The van der Waals surface area contributed by atoms with Gasteiger partial charge in [0.15, 0.2) is 6.61 Å². The van der Waals surface area contributed by atoms with Gasteiger partial charge in [-0.3, -0.25) is 4.79 Å². The molecule has 0 spiro atoms. The third kappa shape index (κ3) is 8.47. The number of amides is 1. The van der Waals surface area contributed by atoms with Gasteiger partial charge in [-0.2, -0.15) is 0 Å². The monoisotopic (exact) mass is 466 g/mol. The molecular weight excluding hydrogens is 428 g/mol. The number of esters is 1. The van der Waals surface area contributed by atoms with Gasteiger partial charge in [0.1, 0.15) is 0 Å². The predicted molar refractivity (Wildman–Crippen MR) is 135 cm³/mol. The van der Waals surface area contributed by atoms with Gasteiger partial charge in [-0.15, -0.1) is 0 Å². The normalized spacial score (nSPS) is 21.1. The molecule has 184 valence electrons. The summed E-state index contributed by atoms with van der Waals surface area (Å²) in [4.78, 5) is 30.5. The molecule has 2 aliphatic rings. The first kappa shape index (κ1) is 25.7. The lowest BCUT2D eigenvalue weighted by Crippen LogP contribution is -2.32. The van der Waals surface area contributed by atoms with E-state index in [9.17, 15) is 9.59 Å². The van der Waals surface area contributed by atoms with E-state index in [1.807, 2.05) is 38.1 Å². The number of nitrogens with zero attached hydrogens (tertiary/aromatic N) is 1. The first-order chi connectivity index (χ1) is 16.5. The minimum atomic E-state index is -0.315. The Bertz CT molecular complexity index is 927. The van der Waals surface area contributed by atoms with Gasteiger partial charge < -0.3 is 14.9 Å². The molecule has 1 saturated carbocycles. The molecule has 0 radical (unpaired) electrons. The Labute approximate surface area is 203 Å². The standard InChI is InChI=1S/C28H38N2O4/c1-21-16-22(2)27-24(17-21)18-25(14-10-5-3-4-6-11-15-33-28(27)32)30-34-20-26(31)29-19-23-12-8-7-9-13-23/h4,6,10,14,16-17,23H,3,5,7-9,11-13,15,18-20H2,1-2H3,(H,29,31)/b6-4+,14-10+,30-25?. The number of ether oxygens (including phenoxy) is 1. The van der Waals surface area contributed by atoms with Crippen molar-refractivity contribution in [3.63, 3.8) is 0 Å². The number of rotatable bonds is 5. The lowest BCUT2D eigenvalue weighted by Gasteiger charge is -2.21. The zero-order valence-electron chi connectivity index (χ0n) is 20.6. The summed E-state index contributed by atoms with van der Waals surface area (Å²) >= 11 is 0. The van der Waals surface area contributed by atoms with E-state index in [4.69, 9.17) is 9.57 Å². The topological polar surface area (TPSA) is 77.0 Å². The summed E-state index contributed by atoms with van der Waals surface area (Å²) in [6, 6.07) is 3.98. The van der Waals surface area contributed by atoms with Crippen molar-refractivity contribution in [2.24, 2.45) is 11.1 Å². The Morgan fingerprint density at radius 2 is 1.85 bits per heavy atom. The molecule has 1 heterocycles. The maximum Gasteiger partial charge on any atom is 0.338 e. The van der Waals surface area contributed by atoms with Crippen molar-refractivity contribution >= 4 is 17.6 Å². The third-order valence-corrected chi connectivity index (χ3v) is 6.32. The number of carbonyl (C=O) groups is 2. The molecule has 0 bridgehead atoms. The van der Waals surface area contributed by atoms with Crippen LogP contribution in [0.15, 0.2) is 41.6 Å². The number of carbonyl (C=O) groups excluding carboxylic acids is 2. The average Bonchev–Trinajstić information content (AvgIpc) is 2.81. The van der Waals surface area contributed by atoms with Crippen molar-refractivity contribution in [3.05, 3.63) is 58.7 Å². The molecule has 6 nitrogen and oxygen atoms in total. The molecule has 1 aliphatic carbocycles. The molecule has 1 aliphatic heterocycles. The summed E-state index contributed by atoms with van der Waals surface area (Å²) in [6.45, 7) is 4.89. The van der Waals surface area contributed by atoms with Gasteiger partial charge in [-0.05, 0) is 69.1 Å². The van der Waals surface area contributed by atoms with Crippen LogP contribution in [0.2, 0.25) is 0 Å². The van der Waals surface area contributed by atoms with Crippen LogP contribution in [0, 0.1) is 19.8 Å². The number of hydrogen-bond donors (Lipinski definition) is 1. The predicted octanol–water partition coefficient (Wildman–Crippen LogP) is 5.37. The van der Waals surface area contributed by atoms with E-state index in [2.05, 4.69) is 22.6 Å². The Morgan fingerprint density at radius 1 is 1.09 bits per heavy atom. The summed E-state index contributed by atoms with van der Waals surface area (Å²) in [6.07, 6.45) is 17.2. The van der Waals surface area contributed by atoms with Crippen LogP contribution in [0.5, 0.6) is 0 Å². The van der Waals surface area contributed by atoms with Gasteiger partial charge in [0.05, 0.1) is 17.9 Å². The molecular formula is C28H38N2O4. The zero-order chi connectivity index (χ0) is 24.2. The zero-order valence-corrected chi connectivity index (χ0v) is 20.6. The van der Waals surface area contributed by atoms with Gasteiger partial charge in [-0.1, -0.05) is 60.3 Å². The molecule has 1 amide bonds. The van der Waals surface area contributed by atoms with Gasteiger partial charge >= 0.3 is 5.97 Å². The minimum Gasteiger partial charge on any atom is -0.462 e. The first-order valence-corrected chi connectivity index (χ1v) is 12.6. The fourth-order valence-electron chi connectivity index (χ4n) is 4.62. The molecule has 1 aromatic rings. The Balaban J connectivity index is 1.70. The summed E-state index contributed by atoms with van der Waals surface area (Å²) in [7, 11) is 0. The maximum absolute atomic E-state index is 12.8. The van der Waals surface area contributed by atoms with Crippen LogP contribution < -0.4 is 5.32 Å². The first-order valence-electron chi connectivity index (χ1n) is 12.6. The largest absolute Gasteiger partial charge is 0.462 e. The molecule has 3 rings (SSSR count). The van der Waals surface area contributed by atoms with Crippen LogP contribution >= 0.6 is 0 Å². The quantitative estimate of drug-likeness (QED) is 0.360. The van der Waals surface area contributed by atoms with Crippen molar-refractivity contribution in [2.75, 3.05) is 19.8 Å². The highest BCUT2D eigenvalue weighted by atomic mass is 16.6. The SMILES string of the molecule is Cc1cc(C)c2c(c1)CC(=NOCC(=O)NCC1CCCCC1)/C=C/CC/C=C/CCOC2=O. The lowest BCUT2D eigenvalue weighted by atomic mass is 9.89. The van der Waals surface area contributed by atoms with Gasteiger partial charge in [0.2, 0.25) is 0 Å². The molecule has 34 heavy (non-hydrogen) atoms. The van der Waals surface area contributed by atoms with E-state index in [1.165, 1.54) is 32.1 Å². The van der Waals surface area contributed by atoms with Crippen molar-refractivity contribution in [2.45, 2.75) is 71.6 Å². The fourth-order valence-corrected chi connectivity index (χ4v) is 4.62. The van der Waals surface area contributed by atoms with E-state index >= 15 is 0 Å². The van der Waals surface area contributed by atoms with E-state index in [0.29, 0.717) is 43.2 Å². The highest BCUT2D eigenvalue weighted by molar-refractivity contribution is 6.00. The van der Waals surface area contributed by atoms with Gasteiger partial charge in [0.25, 0.3) is 5.91 Å². The van der Waals surface area contributed by atoms with E-state index in [-0.39, 0.29) is 18.5 Å². The molecule has 1 N–H and O–H groups in total. The average molecular weight is 467 g/mol. The molecule has 0 atom stereocenters. The molecule has 1 fully saturated rings. The number of oxime groups is 1. The molecule has 0 unspecified atom stereocenters. The number of cyclic esters (lactones) is 1. The second-order valence-corrected chi connectivity index (χ2v) is 9.33. The molecule has 1 aromatic carbocycles. The van der Waals surface area contributed by atoms with Gasteiger partial charge in [0, 0.05) is 13.0 Å². The number of fused-ring (bicyclic) bond motifs is 1. The van der Waals surface area contributed by atoms with Crippen LogP contribution in [0.3, 0.4) is 0 Å². The summed E-state index contributed by atoms with van der Waals surface area (Å²) < 4.78 is 5.53. The highest BCUT2D eigenvalue weighted by Crippen LogP contribution is 2.23. The van der Waals surface area contributed by atoms with Crippen molar-refractivity contribution in [3.8, 4) is 0 Å². The molecule has 0 saturated heterocycles. The third-order valence-electron chi connectivity index (χ3n) is 6.32. The summed E-state index contributed by atoms with van der Waals surface area (Å²) in [5.74, 6) is 0.105. The maximum atomic E-state index is 12.8. The van der Waals surface area contributed by atoms with Crippen molar-refractivity contribution < 1.29 is 19.2 Å². The van der Waals surface area contributed by atoms with Crippen molar-refractivity contribution in [1.29, 1.82) is 0 Å². The second-order valence-electron chi connectivity index (χ2n) is 9.33. The fraction of sp³-hybridized carbons (Fsp3) is 0.536. The van der Waals surface area contributed by atoms with Gasteiger partial charge in [-0.25, -0.2) is 4.79 Å². The molecule has 6 heteroatoms. The smallest absolute Gasteiger partial charge is 0.338 e. The van der Waals surface area contributed by atoms with Crippen LogP contribution in [-0.2, 0) is 20.8 Å². The Morgan fingerprint density at radius 3 is 2.68 bits per heavy atom. The van der Waals surface area contributed by atoms with E-state index in [0.717, 1.165) is 29.5 Å². The molecule has 0 aromatic heterocycles. The lowest BCUT2D eigenvalue weighted by molar-refractivity contribution is -0.125. The summed E-state index contributed by atoms with van der Waals surface area (Å²) in [5.41, 5.74) is 4.05. The highest BCUT2D eigenvalue weighted by Gasteiger charge is 2.18. The number of aryl methyl sites for hydroxylation is 2. The summed E-state index contributed by atoms with van der Waals surface area (Å²) in [5, 5.41) is 7.25. The van der Waals surface area contributed by atoms with Crippen LogP contribution in [0.25, 0.3) is 0 Å². The Kier molecular flexibility index (Phi) is 10.4. The van der Waals surface area contributed by atoms with Crippen LogP contribution in [0.1, 0.15) is 78.4 Å². The van der Waals surface area contributed by atoms with Crippen LogP contribution in [0.4, 0.5) is 0 Å².